The number of carbonyl (C=O) groups excluding carboxylic acids is 2. The number of nitrogens with two attached hydrogens (primary N) is 1. The molecule has 0 radical (unpaired) electrons. The third-order valence-corrected chi connectivity index (χ3v) is 3.98. The van der Waals surface area contributed by atoms with Crippen molar-refractivity contribution in [3.8, 4) is 0 Å². The lowest BCUT2D eigenvalue weighted by molar-refractivity contribution is 0.100. The highest BCUT2D eigenvalue weighted by molar-refractivity contribution is 6.34. The Kier molecular flexibility index (Phi) is 4.81. The van der Waals surface area contributed by atoms with Crippen molar-refractivity contribution >= 4 is 40.1 Å². The number of amides is 3. The molecule has 3 aromatic rings. The van der Waals surface area contributed by atoms with Gasteiger partial charge in [0.1, 0.15) is 0 Å². The van der Waals surface area contributed by atoms with Gasteiger partial charge < -0.3 is 16.4 Å². The smallest absolute Gasteiger partial charge is 0.319 e. The molecule has 0 bridgehead atoms. The minimum absolute atomic E-state index is 0.186. The normalized spacial score (nSPS) is 10.4. The van der Waals surface area contributed by atoms with Gasteiger partial charge in [0.05, 0.1) is 16.1 Å². The number of primary amides is 1. The van der Waals surface area contributed by atoms with Gasteiger partial charge in [-0.05, 0) is 35.9 Å². The van der Waals surface area contributed by atoms with Crippen molar-refractivity contribution in [2.24, 2.45) is 5.73 Å². The van der Waals surface area contributed by atoms with Crippen LogP contribution in [0.5, 0.6) is 0 Å². The predicted octanol–water partition coefficient (Wildman–Crippen LogP) is 3.31. The number of urea groups is 1. The fourth-order valence-electron chi connectivity index (χ4n) is 2.45. The number of anilines is 1. The van der Waals surface area contributed by atoms with Gasteiger partial charge in [0, 0.05) is 23.8 Å². The Morgan fingerprint density at radius 2 is 1.92 bits per heavy atom. The van der Waals surface area contributed by atoms with E-state index in [4.69, 9.17) is 17.3 Å². The molecule has 0 unspecified atom stereocenters. The van der Waals surface area contributed by atoms with E-state index in [9.17, 15) is 9.59 Å². The number of pyridine rings is 1. The van der Waals surface area contributed by atoms with E-state index >= 15 is 0 Å². The number of nitrogens with one attached hydrogen (secondary N) is 2. The molecule has 7 heteroatoms. The lowest BCUT2D eigenvalue weighted by Crippen LogP contribution is -2.28. The topological polar surface area (TPSA) is 97.1 Å². The minimum Gasteiger partial charge on any atom is -0.366 e. The summed E-state index contributed by atoms with van der Waals surface area (Å²) in [5.74, 6) is -0.620. The Morgan fingerprint density at radius 1 is 1.12 bits per heavy atom. The van der Waals surface area contributed by atoms with Crippen molar-refractivity contribution in [1.29, 1.82) is 0 Å². The van der Waals surface area contributed by atoms with Gasteiger partial charge in [0.25, 0.3) is 0 Å². The number of fused-ring (bicyclic) bond motifs is 1. The molecule has 0 atom stereocenters. The molecule has 25 heavy (non-hydrogen) atoms. The maximum absolute atomic E-state index is 12.1. The molecule has 0 fully saturated rings. The Morgan fingerprint density at radius 3 is 2.68 bits per heavy atom. The number of hydrogen-bond acceptors (Lipinski definition) is 3. The number of benzene rings is 2. The summed E-state index contributed by atoms with van der Waals surface area (Å²) in [7, 11) is 0. The maximum atomic E-state index is 12.1. The van der Waals surface area contributed by atoms with Crippen LogP contribution in [0.3, 0.4) is 0 Å². The van der Waals surface area contributed by atoms with Crippen molar-refractivity contribution in [2.45, 2.75) is 6.54 Å². The number of nitrogens with zero attached hydrogens (tertiary/aromatic N) is 1. The molecule has 0 aliphatic carbocycles. The monoisotopic (exact) mass is 354 g/mol. The summed E-state index contributed by atoms with van der Waals surface area (Å²) < 4.78 is 0. The number of hydrogen-bond donors (Lipinski definition) is 3. The summed E-state index contributed by atoms with van der Waals surface area (Å²) >= 11 is 5.97. The van der Waals surface area contributed by atoms with E-state index in [1.165, 1.54) is 12.1 Å². The molecule has 0 aliphatic heterocycles. The van der Waals surface area contributed by atoms with Gasteiger partial charge in [-0.1, -0.05) is 29.8 Å². The summed E-state index contributed by atoms with van der Waals surface area (Å²) in [4.78, 5) is 27.5. The van der Waals surface area contributed by atoms with E-state index < -0.39 is 5.91 Å². The highest BCUT2D eigenvalue weighted by Gasteiger charge is 2.09. The first-order chi connectivity index (χ1) is 12.0. The van der Waals surface area contributed by atoms with Crippen LogP contribution in [0.25, 0.3) is 10.9 Å². The van der Waals surface area contributed by atoms with E-state index in [-0.39, 0.29) is 16.6 Å². The summed E-state index contributed by atoms with van der Waals surface area (Å²) in [6, 6.07) is 13.7. The van der Waals surface area contributed by atoms with Gasteiger partial charge >= 0.3 is 6.03 Å². The molecule has 3 amide bonds. The molecule has 1 heterocycles. The SMILES string of the molecule is NC(=O)c1ccc(NC(=O)NCc2ccnc3ccccc23)cc1Cl. The van der Waals surface area contributed by atoms with Crippen LogP contribution < -0.4 is 16.4 Å². The van der Waals surface area contributed by atoms with Crippen LogP contribution in [0.2, 0.25) is 5.02 Å². The van der Waals surface area contributed by atoms with Crippen LogP contribution >= 0.6 is 11.6 Å². The number of aromatic nitrogens is 1. The molecule has 2 aromatic carbocycles. The van der Waals surface area contributed by atoms with Crippen molar-refractivity contribution in [1.82, 2.24) is 10.3 Å². The van der Waals surface area contributed by atoms with Crippen molar-refractivity contribution in [3.05, 3.63) is 70.9 Å². The van der Waals surface area contributed by atoms with Crippen molar-refractivity contribution < 1.29 is 9.59 Å². The zero-order chi connectivity index (χ0) is 17.8. The molecule has 126 valence electrons. The molecule has 0 aliphatic rings. The van der Waals surface area contributed by atoms with Crippen molar-refractivity contribution in [2.75, 3.05) is 5.32 Å². The molecule has 0 saturated carbocycles. The first-order valence-electron chi connectivity index (χ1n) is 7.51. The van der Waals surface area contributed by atoms with Crippen molar-refractivity contribution in [3.63, 3.8) is 0 Å². The van der Waals surface area contributed by atoms with Gasteiger partial charge in [-0.15, -0.1) is 0 Å². The van der Waals surface area contributed by atoms with E-state index in [0.29, 0.717) is 12.2 Å². The van der Waals surface area contributed by atoms with Crippen LogP contribution in [-0.2, 0) is 6.54 Å². The molecule has 4 N–H and O–H groups in total. The molecule has 1 aromatic heterocycles. The number of halogens is 1. The minimum atomic E-state index is -0.620. The summed E-state index contributed by atoms with van der Waals surface area (Å²) in [5, 5.41) is 6.62. The highest BCUT2D eigenvalue weighted by atomic mass is 35.5. The van der Waals surface area contributed by atoms with Crippen LogP contribution in [0.15, 0.2) is 54.7 Å². The number of para-hydroxylation sites is 1. The zero-order valence-electron chi connectivity index (χ0n) is 13.1. The molecule has 6 nitrogen and oxygen atoms in total. The van der Waals surface area contributed by atoms with Gasteiger partial charge in [0.2, 0.25) is 5.91 Å². The lowest BCUT2D eigenvalue weighted by atomic mass is 10.1. The van der Waals surface area contributed by atoms with E-state index in [0.717, 1.165) is 16.5 Å². The van der Waals surface area contributed by atoms with E-state index in [1.54, 1.807) is 12.3 Å². The second-order valence-corrected chi connectivity index (χ2v) is 5.76. The van der Waals surface area contributed by atoms with Gasteiger partial charge in [-0.3, -0.25) is 9.78 Å². The summed E-state index contributed by atoms with van der Waals surface area (Å²) in [6.07, 6.45) is 1.71. The van der Waals surface area contributed by atoms with Gasteiger partial charge in [-0.25, -0.2) is 4.79 Å². The standard InChI is InChI=1S/C18H15ClN4O2/c19-15-9-12(5-6-14(15)17(20)24)23-18(25)22-10-11-7-8-21-16-4-2-1-3-13(11)16/h1-9H,10H2,(H2,20,24)(H2,22,23,25). The maximum Gasteiger partial charge on any atom is 0.319 e. The number of rotatable bonds is 4. The largest absolute Gasteiger partial charge is 0.366 e. The quantitative estimate of drug-likeness (QED) is 0.670. The van der Waals surface area contributed by atoms with E-state index in [2.05, 4.69) is 15.6 Å². The second kappa shape index (κ2) is 7.19. The Labute approximate surface area is 149 Å². The molecular formula is C18H15ClN4O2. The third kappa shape index (κ3) is 3.87. The zero-order valence-corrected chi connectivity index (χ0v) is 13.9. The molecule has 0 spiro atoms. The predicted molar refractivity (Wildman–Crippen MR) is 97.6 cm³/mol. The lowest BCUT2D eigenvalue weighted by Gasteiger charge is -2.10. The molecule has 3 rings (SSSR count). The summed E-state index contributed by atoms with van der Waals surface area (Å²) in [5.41, 5.74) is 7.70. The summed E-state index contributed by atoms with van der Waals surface area (Å²) in [6.45, 7) is 0.349. The van der Waals surface area contributed by atoms with Gasteiger partial charge in [0.15, 0.2) is 0 Å². The Balaban J connectivity index is 1.67. The van der Waals surface area contributed by atoms with E-state index in [1.807, 2.05) is 30.3 Å². The Bertz CT molecular complexity index is 953. The average Bonchev–Trinajstić information content (AvgIpc) is 2.59. The fourth-order valence-corrected chi connectivity index (χ4v) is 2.73. The van der Waals surface area contributed by atoms with Gasteiger partial charge in [-0.2, -0.15) is 0 Å². The first-order valence-corrected chi connectivity index (χ1v) is 7.89. The second-order valence-electron chi connectivity index (χ2n) is 5.35. The molecular weight excluding hydrogens is 340 g/mol. The van der Waals surface area contributed by atoms with Crippen LogP contribution in [0, 0.1) is 0 Å². The van der Waals surface area contributed by atoms with Crippen LogP contribution in [0.1, 0.15) is 15.9 Å². The number of carbonyl (C=O) groups is 2. The average molecular weight is 355 g/mol. The third-order valence-electron chi connectivity index (χ3n) is 3.67. The Hall–Kier alpha value is -3.12. The highest BCUT2D eigenvalue weighted by Crippen LogP contribution is 2.20. The van der Waals surface area contributed by atoms with Crippen LogP contribution in [0.4, 0.5) is 10.5 Å². The molecule has 0 saturated heterocycles. The van der Waals surface area contributed by atoms with Crippen LogP contribution in [-0.4, -0.2) is 16.9 Å². The first kappa shape index (κ1) is 16.7. The fraction of sp³-hybridized carbons (Fsp3) is 0.0556.